The van der Waals surface area contributed by atoms with Crippen molar-refractivity contribution in [3.05, 3.63) is 156 Å². The molecule has 3 nitrogen and oxygen atoms in total. The van der Waals surface area contributed by atoms with E-state index >= 15 is 0 Å². The second kappa shape index (κ2) is 11.7. The zero-order chi connectivity index (χ0) is 28.7. The molecule has 0 amide bonds. The fourth-order valence-electron chi connectivity index (χ4n) is 5.82. The number of anilines is 3. The van der Waals surface area contributed by atoms with Crippen LogP contribution >= 0.6 is 0 Å². The number of hydrogen-bond donors (Lipinski definition) is 0. The Bertz CT molecular complexity index is 1850. The third-order valence-electron chi connectivity index (χ3n) is 8.00. The van der Waals surface area contributed by atoms with Crippen LogP contribution in [0.1, 0.15) is 30.5 Å². The zero-order valence-corrected chi connectivity index (χ0v) is 26.3. The molecular weight excluding hydrogens is 709 g/mol. The van der Waals surface area contributed by atoms with Gasteiger partial charge in [0.2, 0.25) is 0 Å². The summed E-state index contributed by atoms with van der Waals surface area (Å²) >= 11 is 0. The molecule has 0 N–H and O–H groups in total. The van der Waals surface area contributed by atoms with E-state index in [1.54, 1.807) is 0 Å². The van der Waals surface area contributed by atoms with Crippen molar-refractivity contribution in [1.29, 1.82) is 0 Å². The van der Waals surface area contributed by atoms with Crippen LogP contribution in [0.15, 0.2) is 121 Å². The monoisotopic (exact) mass is 738 g/mol. The molecule has 1 aliphatic rings. The number of ether oxygens (including phenoxy) is 1. The van der Waals surface area contributed by atoms with Crippen molar-refractivity contribution in [2.24, 2.45) is 0 Å². The van der Waals surface area contributed by atoms with Crippen LogP contribution in [0.2, 0.25) is 0 Å². The second-order valence-electron chi connectivity index (χ2n) is 11.1. The summed E-state index contributed by atoms with van der Waals surface area (Å²) in [6.45, 7) is 6.67. The SMILES string of the molecule is Cc1ccc(Oc2[c-]cccc2)[c-]c1-c1cccc(-c2[c-]cc(N3c4ccccc4C(C)(C)c4ccccc43)cc2)n1.[Au+3]. The molecule has 0 spiro atoms. The summed E-state index contributed by atoms with van der Waals surface area (Å²) in [7, 11) is 0. The van der Waals surface area contributed by atoms with Crippen molar-refractivity contribution >= 4 is 17.1 Å². The van der Waals surface area contributed by atoms with Gasteiger partial charge in [-0.1, -0.05) is 81.4 Å². The Morgan fingerprint density at radius 3 is 2.05 bits per heavy atom. The fourth-order valence-corrected chi connectivity index (χ4v) is 5.82. The largest absolute Gasteiger partial charge is 3.00 e. The van der Waals surface area contributed by atoms with Crippen LogP contribution in [0.4, 0.5) is 17.1 Å². The van der Waals surface area contributed by atoms with E-state index in [9.17, 15) is 0 Å². The topological polar surface area (TPSA) is 25.4 Å². The van der Waals surface area contributed by atoms with E-state index in [4.69, 9.17) is 9.72 Å². The van der Waals surface area contributed by atoms with Gasteiger partial charge in [-0.3, -0.25) is 0 Å². The van der Waals surface area contributed by atoms with Gasteiger partial charge < -0.3 is 14.6 Å². The van der Waals surface area contributed by atoms with Crippen LogP contribution in [-0.2, 0) is 27.8 Å². The third-order valence-corrected chi connectivity index (χ3v) is 8.00. The van der Waals surface area contributed by atoms with Gasteiger partial charge in [0.15, 0.2) is 0 Å². The Morgan fingerprint density at radius 1 is 0.674 bits per heavy atom. The Hall–Kier alpha value is -4.41. The van der Waals surface area contributed by atoms with E-state index < -0.39 is 0 Å². The van der Waals surface area contributed by atoms with Gasteiger partial charge in [0, 0.05) is 28.3 Å². The quantitative estimate of drug-likeness (QED) is 0.130. The van der Waals surface area contributed by atoms with Crippen LogP contribution in [-0.4, -0.2) is 4.98 Å². The normalized spacial score (nSPS) is 13.0. The Labute approximate surface area is 269 Å². The van der Waals surface area contributed by atoms with Crippen molar-refractivity contribution in [2.75, 3.05) is 4.90 Å². The number of para-hydroxylation sites is 3. The molecule has 0 saturated carbocycles. The minimum atomic E-state index is -0.0887. The summed E-state index contributed by atoms with van der Waals surface area (Å²) < 4.78 is 5.99. The van der Waals surface area contributed by atoms with Gasteiger partial charge in [-0.25, -0.2) is 0 Å². The van der Waals surface area contributed by atoms with Gasteiger partial charge in [0.25, 0.3) is 0 Å². The van der Waals surface area contributed by atoms with Crippen LogP contribution < -0.4 is 9.64 Å². The maximum atomic E-state index is 5.99. The molecule has 0 radical (unpaired) electrons. The average molecular weight is 739 g/mol. The first kappa shape index (κ1) is 28.7. The van der Waals surface area contributed by atoms with Crippen molar-refractivity contribution in [1.82, 2.24) is 4.98 Å². The molecular formula is C39H29AuN2O. The molecule has 4 heteroatoms. The molecule has 0 bridgehead atoms. The minimum absolute atomic E-state index is 0. The second-order valence-corrected chi connectivity index (χ2v) is 11.1. The van der Waals surface area contributed by atoms with E-state index in [2.05, 4.69) is 111 Å². The molecule has 6 aromatic rings. The first-order chi connectivity index (χ1) is 20.5. The fraction of sp³-hybridized carbons (Fsp3) is 0.103. The van der Waals surface area contributed by atoms with Crippen molar-refractivity contribution < 1.29 is 27.1 Å². The van der Waals surface area contributed by atoms with Crippen LogP contribution in [0.25, 0.3) is 22.5 Å². The van der Waals surface area contributed by atoms with Crippen LogP contribution in [0.5, 0.6) is 11.5 Å². The molecule has 0 fully saturated rings. The number of pyridine rings is 1. The Kier molecular flexibility index (Phi) is 7.81. The van der Waals surface area contributed by atoms with Crippen molar-refractivity contribution in [3.63, 3.8) is 0 Å². The zero-order valence-electron chi connectivity index (χ0n) is 24.2. The average Bonchev–Trinajstić information content (AvgIpc) is 3.03. The first-order valence-corrected chi connectivity index (χ1v) is 14.2. The number of aromatic nitrogens is 1. The van der Waals surface area contributed by atoms with E-state index in [0.717, 1.165) is 33.8 Å². The van der Waals surface area contributed by atoms with Gasteiger partial charge >= 0.3 is 22.4 Å². The molecule has 0 unspecified atom stereocenters. The van der Waals surface area contributed by atoms with E-state index in [0.29, 0.717) is 11.5 Å². The Morgan fingerprint density at radius 2 is 1.37 bits per heavy atom. The number of hydrogen-bond acceptors (Lipinski definition) is 3. The summed E-state index contributed by atoms with van der Waals surface area (Å²) in [5.74, 6) is 1.29. The maximum absolute atomic E-state index is 5.99. The van der Waals surface area contributed by atoms with Gasteiger partial charge in [0.05, 0.1) is 0 Å². The van der Waals surface area contributed by atoms with Crippen LogP contribution in [0, 0.1) is 25.1 Å². The molecule has 7 rings (SSSR count). The smallest absolute Gasteiger partial charge is 0.503 e. The van der Waals surface area contributed by atoms with Crippen molar-refractivity contribution in [3.8, 4) is 34.0 Å². The maximum Gasteiger partial charge on any atom is 3.00 e. The predicted molar refractivity (Wildman–Crippen MR) is 170 cm³/mol. The predicted octanol–water partition coefficient (Wildman–Crippen LogP) is 10.0. The minimum Gasteiger partial charge on any atom is -0.503 e. The van der Waals surface area contributed by atoms with Gasteiger partial charge in [-0.2, -0.15) is 18.2 Å². The molecule has 1 aliphatic heterocycles. The molecule has 1 aromatic heterocycles. The molecule has 5 aromatic carbocycles. The summed E-state index contributed by atoms with van der Waals surface area (Å²) in [6.07, 6.45) is 0. The summed E-state index contributed by atoms with van der Waals surface area (Å²) in [6, 6.07) is 51.3. The molecule has 212 valence electrons. The molecule has 43 heavy (non-hydrogen) atoms. The molecule has 2 heterocycles. The third kappa shape index (κ3) is 5.32. The van der Waals surface area contributed by atoms with Crippen molar-refractivity contribution in [2.45, 2.75) is 26.2 Å². The van der Waals surface area contributed by atoms with Gasteiger partial charge in [-0.15, -0.1) is 65.2 Å². The molecule has 0 aliphatic carbocycles. The van der Waals surface area contributed by atoms with E-state index in [-0.39, 0.29) is 27.8 Å². The van der Waals surface area contributed by atoms with Crippen LogP contribution in [0.3, 0.4) is 0 Å². The molecule has 0 saturated heterocycles. The number of rotatable bonds is 5. The molecule has 0 atom stereocenters. The first-order valence-electron chi connectivity index (χ1n) is 14.2. The summed E-state index contributed by atoms with van der Waals surface area (Å²) in [4.78, 5) is 7.36. The van der Waals surface area contributed by atoms with E-state index in [1.807, 2.05) is 54.6 Å². The summed E-state index contributed by atoms with van der Waals surface area (Å²) in [5, 5.41) is 0. The van der Waals surface area contributed by atoms with Gasteiger partial charge in [-0.05, 0) is 40.3 Å². The summed E-state index contributed by atoms with van der Waals surface area (Å²) in [5.41, 5.74) is 10.6. The van der Waals surface area contributed by atoms with Gasteiger partial charge in [0.1, 0.15) is 0 Å². The standard InChI is InChI=1S/C39H29N2O.Au/c1-27-20-25-31(42-30-12-5-4-6-13-30)26-32(27)36-17-11-16-35(40-36)28-21-23-29(24-22-28)41-37-18-9-7-14-33(37)39(2,3)34-15-8-10-19-38(34)41;/h4-12,14-21,23-25H,1-3H3;/q-3;+3. The number of aryl methyl sites for hydroxylation is 1. The number of fused-ring (bicyclic) bond motifs is 2. The number of benzene rings is 5. The van der Waals surface area contributed by atoms with E-state index in [1.165, 1.54) is 22.5 Å². The Balaban J connectivity index is 0.00000329. The number of nitrogens with zero attached hydrogens (tertiary/aromatic N) is 2.